The van der Waals surface area contributed by atoms with Crippen LogP contribution in [0.25, 0.3) is 0 Å². The molecule has 17 heavy (non-hydrogen) atoms. The molecule has 0 bridgehead atoms. The van der Waals surface area contributed by atoms with Crippen molar-refractivity contribution in [1.82, 2.24) is 15.0 Å². The summed E-state index contributed by atoms with van der Waals surface area (Å²) in [7, 11) is 1.77. The molecule has 1 unspecified atom stereocenters. The molecule has 90 valence electrons. The Morgan fingerprint density at radius 1 is 1.35 bits per heavy atom. The molecule has 1 aromatic heterocycles. The number of hydrogen-bond donors (Lipinski definition) is 1. The summed E-state index contributed by atoms with van der Waals surface area (Å²) < 4.78 is 1.58. The summed E-state index contributed by atoms with van der Waals surface area (Å²) in [6, 6.07) is 7.93. The predicted octanol–water partition coefficient (Wildman–Crippen LogP) is 2.01. The van der Waals surface area contributed by atoms with Gasteiger partial charge in [0, 0.05) is 11.9 Å². The number of aryl methyl sites for hydroxylation is 1. The molecule has 4 nitrogen and oxygen atoms in total. The summed E-state index contributed by atoms with van der Waals surface area (Å²) in [4.78, 5) is 1.21. The van der Waals surface area contributed by atoms with E-state index in [4.69, 9.17) is 0 Å². The number of hydrogen-bond acceptors (Lipinski definition) is 4. The first-order valence-corrected chi connectivity index (χ1v) is 6.46. The molecular formula is C12H15N3OS. The standard InChI is InChI=1S/C12H15N3OS/c1-3-17-10-6-4-9(5-7-10)12(16)11-8-13-14-15(11)2/h4-8,12,16H,3H2,1-2H3. The molecular weight excluding hydrogens is 234 g/mol. The lowest BCUT2D eigenvalue weighted by Crippen LogP contribution is -2.06. The van der Waals surface area contributed by atoms with Gasteiger partial charge in [0.2, 0.25) is 0 Å². The molecule has 1 aromatic carbocycles. The van der Waals surface area contributed by atoms with E-state index in [0.717, 1.165) is 11.3 Å². The Morgan fingerprint density at radius 2 is 2.06 bits per heavy atom. The summed E-state index contributed by atoms with van der Waals surface area (Å²) in [6.45, 7) is 2.12. The quantitative estimate of drug-likeness (QED) is 0.842. The number of benzene rings is 1. The fourth-order valence-electron chi connectivity index (χ4n) is 1.63. The van der Waals surface area contributed by atoms with Crippen molar-refractivity contribution in [2.45, 2.75) is 17.9 Å². The van der Waals surface area contributed by atoms with Crippen LogP contribution in [0, 0.1) is 0 Å². The van der Waals surface area contributed by atoms with Gasteiger partial charge in [0.05, 0.1) is 11.9 Å². The first-order chi connectivity index (χ1) is 8.22. The van der Waals surface area contributed by atoms with Crippen molar-refractivity contribution in [1.29, 1.82) is 0 Å². The third kappa shape index (κ3) is 2.68. The molecule has 5 heteroatoms. The lowest BCUT2D eigenvalue weighted by atomic mass is 10.1. The summed E-state index contributed by atoms with van der Waals surface area (Å²) in [5.41, 5.74) is 1.55. The van der Waals surface area contributed by atoms with Crippen molar-refractivity contribution < 1.29 is 5.11 Å². The molecule has 1 N–H and O–H groups in total. The van der Waals surface area contributed by atoms with Gasteiger partial charge in [-0.15, -0.1) is 16.9 Å². The zero-order valence-corrected chi connectivity index (χ0v) is 10.7. The minimum absolute atomic E-state index is 0.671. The lowest BCUT2D eigenvalue weighted by molar-refractivity contribution is 0.209. The van der Waals surface area contributed by atoms with Crippen LogP contribution in [0.3, 0.4) is 0 Å². The van der Waals surface area contributed by atoms with Crippen LogP contribution in [0.1, 0.15) is 24.3 Å². The summed E-state index contributed by atoms with van der Waals surface area (Å²) in [6.07, 6.45) is 0.912. The summed E-state index contributed by atoms with van der Waals surface area (Å²) in [5.74, 6) is 1.05. The van der Waals surface area contributed by atoms with E-state index in [2.05, 4.69) is 17.2 Å². The molecule has 0 aliphatic rings. The molecule has 0 saturated heterocycles. The van der Waals surface area contributed by atoms with E-state index in [-0.39, 0.29) is 0 Å². The predicted molar refractivity (Wildman–Crippen MR) is 67.9 cm³/mol. The van der Waals surface area contributed by atoms with Crippen molar-refractivity contribution in [3.05, 3.63) is 41.7 Å². The van der Waals surface area contributed by atoms with Crippen molar-refractivity contribution in [3.8, 4) is 0 Å². The first-order valence-electron chi connectivity index (χ1n) is 5.47. The highest BCUT2D eigenvalue weighted by molar-refractivity contribution is 7.99. The number of nitrogens with zero attached hydrogens (tertiary/aromatic N) is 3. The van der Waals surface area contributed by atoms with Crippen LogP contribution in [-0.2, 0) is 7.05 Å². The second-order valence-electron chi connectivity index (χ2n) is 3.69. The van der Waals surface area contributed by atoms with Gasteiger partial charge in [0.25, 0.3) is 0 Å². The molecule has 0 radical (unpaired) electrons. The molecule has 1 heterocycles. The fourth-order valence-corrected chi connectivity index (χ4v) is 2.29. The van der Waals surface area contributed by atoms with E-state index in [1.165, 1.54) is 4.90 Å². The Bertz CT molecular complexity index is 481. The van der Waals surface area contributed by atoms with Crippen LogP contribution in [0.4, 0.5) is 0 Å². The van der Waals surface area contributed by atoms with E-state index in [9.17, 15) is 5.11 Å². The lowest BCUT2D eigenvalue weighted by Gasteiger charge is -2.11. The minimum Gasteiger partial charge on any atom is -0.382 e. The number of aliphatic hydroxyl groups excluding tert-OH is 1. The topological polar surface area (TPSA) is 50.9 Å². The maximum Gasteiger partial charge on any atom is 0.122 e. The average molecular weight is 249 g/mol. The van der Waals surface area contributed by atoms with E-state index in [1.807, 2.05) is 24.3 Å². The van der Waals surface area contributed by atoms with Crippen molar-refractivity contribution in [3.63, 3.8) is 0 Å². The van der Waals surface area contributed by atoms with Crippen LogP contribution in [0.2, 0.25) is 0 Å². The van der Waals surface area contributed by atoms with Gasteiger partial charge in [0.15, 0.2) is 0 Å². The molecule has 0 amide bonds. The number of thioether (sulfide) groups is 1. The second-order valence-corrected chi connectivity index (χ2v) is 5.02. The van der Waals surface area contributed by atoms with Crippen LogP contribution in [0.5, 0.6) is 0 Å². The zero-order valence-electron chi connectivity index (χ0n) is 9.87. The molecule has 0 spiro atoms. The first kappa shape index (κ1) is 12.1. The van der Waals surface area contributed by atoms with Gasteiger partial charge in [-0.1, -0.05) is 24.3 Å². The number of rotatable bonds is 4. The van der Waals surface area contributed by atoms with Gasteiger partial charge in [-0.2, -0.15) is 0 Å². The minimum atomic E-state index is -0.671. The normalized spacial score (nSPS) is 12.6. The largest absolute Gasteiger partial charge is 0.382 e. The highest BCUT2D eigenvalue weighted by Gasteiger charge is 2.14. The monoisotopic (exact) mass is 249 g/mol. The SMILES string of the molecule is CCSc1ccc(C(O)c2cnnn2C)cc1. The van der Waals surface area contributed by atoms with Crippen LogP contribution >= 0.6 is 11.8 Å². The summed E-state index contributed by atoms with van der Waals surface area (Å²) >= 11 is 1.78. The zero-order chi connectivity index (χ0) is 12.3. The van der Waals surface area contributed by atoms with E-state index >= 15 is 0 Å². The van der Waals surface area contributed by atoms with Gasteiger partial charge in [-0.3, -0.25) is 0 Å². The Balaban J connectivity index is 2.20. The number of aromatic nitrogens is 3. The number of aliphatic hydroxyl groups is 1. The highest BCUT2D eigenvalue weighted by Crippen LogP contribution is 2.24. The molecule has 0 saturated carbocycles. The molecule has 1 atom stereocenters. The smallest absolute Gasteiger partial charge is 0.122 e. The maximum absolute atomic E-state index is 10.2. The Hall–Kier alpha value is -1.33. The Morgan fingerprint density at radius 3 is 2.59 bits per heavy atom. The van der Waals surface area contributed by atoms with Crippen LogP contribution in [0.15, 0.2) is 35.4 Å². The van der Waals surface area contributed by atoms with E-state index in [1.54, 1.807) is 29.7 Å². The van der Waals surface area contributed by atoms with Crippen LogP contribution < -0.4 is 0 Å². The van der Waals surface area contributed by atoms with Crippen molar-refractivity contribution in [2.24, 2.45) is 7.05 Å². The average Bonchev–Trinajstić information content (AvgIpc) is 2.76. The third-order valence-corrected chi connectivity index (χ3v) is 3.43. The molecule has 2 rings (SSSR count). The molecule has 0 aliphatic heterocycles. The van der Waals surface area contributed by atoms with E-state index in [0.29, 0.717) is 5.69 Å². The van der Waals surface area contributed by atoms with Crippen molar-refractivity contribution in [2.75, 3.05) is 5.75 Å². The second kappa shape index (κ2) is 5.33. The third-order valence-electron chi connectivity index (χ3n) is 2.54. The van der Waals surface area contributed by atoms with Gasteiger partial charge < -0.3 is 5.11 Å². The molecule has 2 aromatic rings. The van der Waals surface area contributed by atoms with Gasteiger partial charge in [0.1, 0.15) is 6.10 Å². The van der Waals surface area contributed by atoms with Crippen molar-refractivity contribution >= 4 is 11.8 Å². The van der Waals surface area contributed by atoms with Crippen LogP contribution in [-0.4, -0.2) is 25.9 Å². The Labute approximate surface area is 105 Å². The van der Waals surface area contributed by atoms with Gasteiger partial charge in [-0.05, 0) is 23.4 Å². The molecule has 0 fully saturated rings. The summed E-state index contributed by atoms with van der Waals surface area (Å²) in [5, 5.41) is 17.8. The highest BCUT2D eigenvalue weighted by atomic mass is 32.2. The Kier molecular flexibility index (Phi) is 3.81. The van der Waals surface area contributed by atoms with Gasteiger partial charge in [-0.25, -0.2) is 4.68 Å². The van der Waals surface area contributed by atoms with Gasteiger partial charge >= 0.3 is 0 Å². The van der Waals surface area contributed by atoms with E-state index < -0.39 is 6.10 Å². The maximum atomic E-state index is 10.2. The molecule has 0 aliphatic carbocycles. The fraction of sp³-hybridized carbons (Fsp3) is 0.333.